The van der Waals surface area contributed by atoms with Gasteiger partial charge in [0.25, 0.3) is 0 Å². The molecule has 0 aliphatic rings. The van der Waals surface area contributed by atoms with Gasteiger partial charge in [-0.15, -0.1) is 0 Å². The van der Waals surface area contributed by atoms with Gasteiger partial charge in [-0.2, -0.15) is 5.10 Å². The first-order valence-corrected chi connectivity index (χ1v) is 10.5. The van der Waals surface area contributed by atoms with Gasteiger partial charge in [0.1, 0.15) is 12.4 Å². The number of benzene rings is 3. The number of nitrogens with one attached hydrogen (secondary N) is 2. The van der Waals surface area contributed by atoms with E-state index >= 15 is 0 Å². The Labute approximate surface area is 200 Å². The predicted molar refractivity (Wildman–Crippen MR) is 128 cm³/mol. The van der Waals surface area contributed by atoms with E-state index in [0.717, 1.165) is 11.1 Å². The number of hydrogen-bond donors (Lipinski definition) is 2. The van der Waals surface area contributed by atoms with Crippen molar-refractivity contribution in [3.63, 3.8) is 0 Å². The third-order valence-corrected chi connectivity index (χ3v) is 5.28. The van der Waals surface area contributed by atoms with Gasteiger partial charge in [-0.25, -0.2) is 5.43 Å². The van der Waals surface area contributed by atoms with E-state index in [1.54, 1.807) is 60.7 Å². The van der Waals surface area contributed by atoms with Gasteiger partial charge in [0.15, 0.2) is 0 Å². The summed E-state index contributed by atoms with van der Waals surface area (Å²) >= 11 is 18.1. The minimum absolute atomic E-state index is 0.260. The number of carbonyl (C=O) groups is 2. The monoisotopic (exact) mass is 489 g/mol. The smallest absolute Gasteiger partial charge is 0.329 e. The molecule has 0 bridgehead atoms. The summed E-state index contributed by atoms with van der Waals surface area (Å²) in [6.45, 7) is 2.10. The van der Waals surface area contributed by atoms with E-state index in [0.29, 0.717) is 32.1 Å². The minimum Gasteiger partial charge on any atom is -0.489 e. The molecule has 2 amide bonds. The van der Waals surface area contributed by atoms with Crippen LogP contribution >= 0.6 is 34.8 Å². The Morgan fingerprint density at radius 1 is 0.969 bits per heavy atom. The maximum atomic E-state index is 12.0. The van der Waals surface area contributed by atoms with Crippen molar-refractivity contribution in [3.8, 4) is 5.75 Å². The highest BCUT2D eigenvalue weighted by Crippen LogP contribution is 2.23. The summed E-state index contributed by atoms with van der Waals surface area (Å²) in [5.74, 6) is -1.19. The van der Waals surface area contributed by atoms with E-state index < -0.39 is 11.8 Å². The third-order valence-electron chi connectivity index (χ3n) is 4.28. The second kappa shape index (κ2) is 11.0. The lowest BCUT2D eigenvalue weighted by Gasteiger charge is -2.08. The van der Waals surface area contributed by atoms with Gasteiger partial charge < -0.3 is 10.1 Å². The SMILES string of the molecule is Cc1ccc(NC(=O)C(=O)N/N=C\c2cccc(OCc3ccc(Cl)cc3Cl)c2)cc1Cl. The van der Waals surface area contributed by atoms with E-state index in [9.17, 15) is 9.59 Å². The van der Waals surface area contributed by atoms with Crippen LogP contribution in [0.4, 0.5) is 5.69 Å². The average molecular weight is 491 g/mol. The van der Waals surface area contributed by atoms with Crippen molar-refractivity contribution < 1.29 is 14.3 Å². The molecule has 0 unspecified atom stereocenters. The zero-order valence-electron chi connectivity index (χ0n) is 16.9. The number of anilines is 1. The number of carbonyl (C=O) groups excluding carboxylic acids is 2. The summed E-state index contributed by atoms with van der Waals surface area (Å²) < 4.78 is 5.75. The molecule has 0 heterocycles. The van der Waals surface area contributed by atoms with Crippen LogP contribution in [0.25, 0.3) is 0 Å². The van der Waals surface area contributed by atoms with Crippen LogP contribution in [0.2, 0.25) is 15.1 Å². The highest BCUT2D eigenvalue weighted by Gasteiger charge is 2.13. The number of nitrogens with zero attached hydrogens (tertiary/aromatic N) is 1. The lowest BCUT2D eigenvalue weighted by Crippen LogP contribution is -2.32. The van der Waals surface area contributed by atoms with E-state index in [4.69, 9.17) is 39.5 Å². The molecular formula is C23H18Cl3N3O3. The van der Waals surface area contributed by atoms with Crippen LogP contribution < -0.4 is 15.5 Å². The maximum Gasteiger partial charge on any atom is 0.329 e. The van der Waals surface area contributed by atoms with Gasteiger partial charge in [0, 0.05) is 26.3 Å². The summed E-state index contributed by atoms with van der Waals surface area (Å²) in [6, 6.07) is 17.2. The molecule has 0 radical (unpaired) electrons. The molecule has 0 aliphatic carbocycles. The first-order valence-electron chi connectivity index (χ1n) is 9.39. The van der Waals surface area contributed by atoms with E-state index in [-0.39, 0.29) is 6.61 Å². The molecule has 3 aromatic rings. The molecule has 164 valence electrons. The molecular weight excluding hydrogens is 473 g/mol. The Bertz CT molecular complexity index is 1180. The van der Waals surface area contributed by atoms with E-state index in [2.05, 4.69) is 15.8 Å². The van der Waals surface area contributed by atoms with Crippen LogP contribution in [-0.2, 0) is 16.2 Å². The van der Waals surface area contributed by atoms with Gasteiger partial charge in [0.05, 0.1) is 6.21 Å². The number of rotatable bonds is 6. The topological polar surface area (TPSA) is 79.8 Å². The number of aryl methyl sites for hydroxylation is 1. The lowest BCUT2D eigenvalue weighted by molar-refractivity contribution is -0.136. The first-order chi connectivity index (χ1) is 15.3. The maximum absolute atomic E-state index is 12.0. The van der Waals surface area contributed by atoms with Crippen molar-refractivity contribution in [2.45, 2.75) is 13.5 Å². The highest BCUT2D eigenvalue weighted by atomic mass is 35.5. The summed E-state index contributed by atoms with van der Waals surface area (Å²) in [5, 5.41) is 7.83. The Morgan fingerprint density at radius 3 is 2.53 bits per heavy atom. The summed E-state index contributed by atoms with van der Waals surface area (Å²) in [5.41, 5.74) is 4.91. The zero-order chi connectivity index (χ0) is 23.1. The van der Waals surface area contributed by atoms with E-state index in [1.165, 1.54) is 6.21 Å². The summed E-state index contributed by atoms with van der Waals surface area (Å²) in [6.07, 6.45) is 1.40. The first kappa shape index (κ1) is 23.6. The van der Waals surface area contributed by atoms with Gasteiger partial charge in [-0.05, 0) is 54.4 Å². The molecule has 2 N–H and O–H groups in total. The molecule has 6 nitrogen and oxygen atoms in total. The normalized spacial score (nSPS) is 10.8. The van der Waals surface area contributed by atoms with Crippen LogP contribution in [0.5, 0.6) is 5.75 Å². The predicted octanol–water partition coefficient (Wildman–Crippen LogP) is 5.62. The molecule has 0 aromatic heterocycles. The Balaban J connectivity index is 1.54. The molecule has 0 saturated carbocycles. The Kier molecular flexibility index (Phi) is 8.11. The minimum atomic E-state index is -0.914. The van der Waals surface area contributed by atoms with Crippen molar-refractivity contribution >= 4 is 58.5 Å². The zero-order valence-corrected chi connectivity index (χ0v) is 19.1. The van der Waals surface area contributed by atoms with Crippen LogP contribution in [0.3, 0.4) is 0 Å². The Morgan fingerprint density at radius 2 is 1.78 bits per heavy atom. The largest absolute Gasteiger partial charge is 0.489 e. The fraction of sp³-hybridized carbons (Fsp3) is 0.0870. The fourth-order valence-electron chi connectivity index (χ4n) is 2.56. The highest BCUT2D eigenvalue weighted by molar-refractivity contribution is 6.40. The summed E-state index contributed by atoms with van der Waals surface area (Å²) in [7, 11) is 0. The third kappa shape index (κ3) is 6.72. The molecule has 0 fully saturated rings. The van der Waals surface area contributed by atoms with Gasteiger partial charge >= 0.3 is 11.8 Å². The van der Waals surface area contributed by atoms with Crippen molar-refractivity contribution in [2.75, 3.05) is 5.32 Å². The van der Waals surface area contributed by atoms with Crippen molar-refractivity contribution in [1.82, 2.24) is 5.43 Å². The second-order valence-electron chi connectivity index (χ2n) is 6.71. The number of hydrazone groups is 1. The molecule has 9 heteroatoms. The van der Waals surface area contributed by atoms with Crippen molar-refractivity contribution in [3.05, 3.63) is 92.4 Å². The van der Waals surface area contributed by atoms with Gasteiger partial charge in [-0.1, -0.05) is 59.1 Å². The summed E-state index contributed by atoms with van der Waals surface area (Å²) in [4.78, 5) is 23.9. The number of hydrogen-bond acceptors (Lipinski definition) is 4. The van der Waals surface area contributed by atoms with Crippen LogP contribution in [0.15, 0.2) is 65.8 Å². The standard InChI is InChI=1S/C23H18Cl3N3O3/c1-14-5-8-18(11-20(14)25)28-22(30)23(31)29-27-12-15-3-2-4-19(9-15)32-13-16-6-7-17(24)10-21(16)26/h2-12H,13H2,1H3,(H,28,30)(H,29,31)/b27-12-. The van der Waals surface area contributed by atoms with Crippen LogP contribution in [-0.4, -0.2) is 18.0 Å². The quantitative estimate of drug-likeness (QED) is 0.267. The van der Waals surface area contributed by atoms with E-state index in [1.807, 2.05) is 6.92 Å². The fourth-order valence-corrected chi connectivity index (χ4v) is 3.20. The van der Waals surface area contributed by atoms with Crippen LogP contribution in [0, 0.1) is 6.92 Å². The molecule has 0 spiro atoms. The molecule has 32 heavy (non-hydrogen) atoms. The van der Waals surface area contributed by atoms with Crippen molar-refractivity contribution in [1.29, 1.82) is 0 Å². The van der Waals surface area contributed by atoms with Crippen molar-refractivity contribution in [2.24, 2.45) is 5.10 Å². The van der Waals surface area contributed by atoms with Crippen LogP contribution in [0.1, 0.15) is 16.7 Å². The molecule has 3 aromatic carbocycles. The van der Waals surface area contributed by atoms with Gasteiger partial charge in [-0.3, -0.25) is 9.59 Å². The average Bonchev–Trinajstić information content (AvgIpc) is 2.76. The Hall–Kier alpha value is -3.06. The number of amides is 2. The molecule has 3 rings (SSSR count). The second-order valence-corrected chi connectivity index (χ2v) is 7.96. The lowest BCUT2D eigenvalue weighted by atomic mass is 10.2. The molecule has 0 aliphatic heterocycles. The van der Waals surface area contributed by atoms with Gasteiger partial charge in [0.2, 0.25) is 0 Å². The molecule has 0 atom stereocenters. The number of ether oxygens (including phenoxy) is 1. The number of halogens is 3. The molecule has 0 saturated heterocycles.